The van der Waals surface area contributed by atoms with E-state index < -0.39 is 0 Å². The number of anilines is 1. The molecule has 1 aliphatic heterocycles. The normalized spacial score (nSPS) is 22.4. The molecule has 3 amide bonds. The number of rotatable bonds is 1. The second kappa shape index (κ2) is 3.42. The number of hydrogen-bond acceptors (Lipinski definition) is 3. The number of nitrogens with zero attached hydrogens (tertiary/aromatic N) is 1. The van der Waals surface area contributed by atoms with Crippen LogP contribution in [0.2, 0.25) is 0 Å². The summed E-state index contributed by atoms with van der Waals surface area (Å²) >= 11 is 1.53. The Bertz CT molecular complexity index is 361. The third-order valence-corrected chi connectivity index (χ3v) is 2.87. The average molecular weight is 210 g/mol. The number of carbonyl (C=O) groups is 2. The maximum atomic E-state index is 11.4. The van der Waals surface area contributed by atoms with Gasteiger partial charge in [0.1, 0.15) is 0 Å². The van der Waals surface area contributed by atoms with E-state index in [1.807, 2.05) is 16.8 Å². The lowest BCUT2D eigenvalue weighted by atomic mass is 10.1. The minimum absolute atomic E-state index is 0.146. The van der Waals surface area contributed by atoms with Crippen LogP contribution in [-0.4, -0.2) is 18.5 Å². The van der Waals surface area contributed by atoms with Gasteiger partial charge in [-0.1, -0.05) is 6.92 Å². The fourth-order valence-electron chi connectivity index (χ4n) is 1.37. The Morgan fingerprint density at radius 3 is 3.00 bits per heavy atom. The van der Waals surface area contributed by atoms with E-state index in [0.717, 1.165) is 5.69 Å². The zero-order valence-electron chi connectivity index (χ0n) is 7.69. The van der Waals surface area contributed by atoms with Gasteiger partial charge in [0, 0.05) is 11.9 Å². The first kappa shape index (κ1) is 9.21. The van der Waals surface area contributed by atoms with Crippen LogP contribution in [0.4, 0.5) is 10.5 Å². The van der Waals surface area contributed by atoms with Crippen molar-refractivity contribution in [2.75, 3.05) is 11.4 Å². The lowest BCUT2D eigenvalue weighted by Gasteiger charge is -2.29. The van der Waals surface area contributed by atoms with E-state index in [-0.39, 0.29) is 17.9 Å². The molecule has 0 spiro atoms. The Labute approximate surface area is 85.5 Å². The molecule has 4 nitrogen and oxygen atoms in total. The molecule has 5 heteroatoms. The third-order valence-electron chi connectivity index (χ3n) is 2.20. The Kier molecular flexibility index (Phi) is 2.25. The van der Waals surface area contributed by atoms with Crippen molar-refractivity contribution in [1.82, 2.24) is 5.32 Å². The van der Waals surface area contributed by atoms with Crippen molar-refractivity contribution in [1.29, 1.82) is 0 Å². The molecule has 74 valence electrons. The molecule has 1 aromatic heterocycles. The summed E-state index contributed by atoms with van der Waals surface area (Å²) in [6.07, 6.45) is 0. The Morgan fingerprint density at radius 2 is 2.36 bits per heavy atom. The number of imide groups is 1. The van der Waals surface area contributed by atoms with Crippen LogP contribution in [0, 0.1) is 5.92 Å². The van der Waals surface area contributed by atoms with Crippen molar-refractivity contribution < 1.29 is 9.59 Å². The molecule has 0 saturated carbocycles. The molecular weight excluding hydrogens is 200 g/mol. The van der Waals surface area contributed by atoms with Gasteiger partial charge in [0.25, 0.3) is 0 Å². The standard InChI is InChI=1S/C9H10N2O2S/c1-6-4-11(7-2-3-14-5-7)9(13)10-8(6)12/h2-3,5-6H,4H2,1H3,(H,10,12,13). The number of hydrogen-bond donors (Lipinski definition) is 1. The molecule has 0 radical (unpaired) electrons. The van der Waals surface area contributed by atoms with Gasteiger partial charge in [-0.05, 0) is 11.4 Å². The largest absolute Gasteiger partial charge is 0.328 e. The highest BCUT2D eigenvalue weighted by Gasteiger charge is 2.29. The van der Waals surface area contributed by atoms with Crippen LogP contribution < -0.4 is 10.2 Å². The fourth-order valence-corrected chi connectivity index (χ4v) is 2.01. The summed E-state index contributed by atoms with van der Waals surface area (Å²) in [5.41, 5.74) is 0.854. The zero-order chi connectivity index (χ0) is 10.1. The van der Waals surface area contributed by atoms with E-state index in [1.165, 1.54) is 11.3 Å². The highest BCUT2D eigenvalue weighted by atomic mass is 32.1. The first-order valence-corrected chi connectivity index (χ1v) is 5.27. The van der Waals surface area contributed by atoms with Crippen molar-refractivity contribution >= 4 is 29.0 Å². The molecular formula is C9H10N2O2S. The highest BCUT2D eigenvalue weighted by Crippen LogP contribution is 2.21. The van der Waals surface area contributed by atoms with Crippen LogP contribution in [0.5, 0.6) is 0 Å². The molecule has 0 aromatic carbocycles. The van der Waals surface area contributed by atoms with Crippen molar-refractivity contribution in [3.63, 3.8) is 0 Å². The molecule has 14 heavy (non-hydrogen) atoms. The number of thiophene rings is 1. The average Bonchev–Trinajstić information content (AvgIpc) is 2.64. The second-order valence-electron chi connectivity index (χ2n) is 3.29. The van der Waals surface area contributed by atoms with Gasteiger partial charge in [-0.2, -0.15) is 11.3 Å². The van der Waals surface area contributed by atoms with Crippen LogP contribution in [0.3, 0.4) is 0 Å². The molecule has 1 aromatic rings. The number of amides is 3. The Balaban J connectivity index is 2.21. The van der Waals surface area contributed by atoms with Crippen LogP contribution in [0.25, 0.3) is 0 Å². The quantitative estimate of drug-likeness (QED) is 0.762. The number of nitrogens with one attached hydrogen (secondary N) is 1. The molecule has 2 rings (SSSR count). The van der Waals surface area contributed by atoms with Crippen LogP contribution in [-0.2, 0) is 4.79 Å². The highest BCUT2D eigenvalue weighted by molar-refractivity contribution is 7.08. The van der Waals surface area contributed by atoms with Gasteiger partial charge in [0.05, 0.1) is 11.6 Å². The van der Waals surface area contributed by atoms with E-state index >= 15 is 0 Å². The molecule has 1 aliphatic rings. The van der Waals surface area contributed by atoms with E-state index in [2.05, 4.69) is 5.32 Å². The Hall–Kier alpha value is -1.36. The smallest absolute Gasteiger partial charge is 0.293 e. The van der Waals surface area contributed by atoms with E-state index in [0.29, 0.717) is 6.54 Å². The predicted octanol–water partition coefficient (Wildman–Crippen LogP) is 1.44. The second-order valence-corrected chi connectivity index (χ2v) is 4.07. The van der Waals surface area contributed by atoms with Gasteiger partial charge < -0.3 is 0 Å². The van der Waals surface area contributed by atoms with E-state index in [9.17, 15) is 9.59 Å². The predicted molar refractivity (Wildman–Crippen MR) is 54.4 cm³/mol. The summed E-state index contributed by atoms with van der Waals surface area (Å²) in [5, 5.41) is 6.12. The summed E-state index contributed by atoms with van der Waals surface area (Å²) in [6, 6.07) is 1.54. The van der Waals surface area contributed by atoms with Crippen molar-refractivity contribution in [2.45, 2.75) is 6.92 Å². The minimum atomic E-state index is -0.327. The van der Waals surface area contributed by atoms with Crippen molar-refractivity contribution in [3.05, 3.63) is 16.8 Å². The summed E-state index contributed by atoms with van der Waals surface area (Å²) in [7, 11) is 0. The monoisotopic (exact) mass is 210 g/mol. The van der Waals surface area contributed by atoms with E-state index in [4.69, 9.17) is 0 Å². The number of urea groups is 1. The summed E-state index contributed by atoms with van der Waals surface area (Å²) in [5.74, 6) is -0.339. The summed E-state index contributed by atoms with van der Waals surface area (Å²) in [4.78, 5) is 24.2. The maximum absolute atomic E-state index is 11.4. The molecule has 0 bridgehead atoms. The molecule has 1 fully saturated rings. The molecule has 2 heterocycles. The molecule has 1 saturated heterocycles. The topological polar surface area (TPSA) is 49.4 Å². The maximum Gasteiger partial charge on any atom is 0.328 e. The van der Waals surface area contributed by atoms with Crippen molar-refractivity contribution in [2.24, 2.45) is 5.92 Å². The van der Waals surface area contributed by atoms with Gasteiger partial charge in [0.15, 0.2) is 0 Å². The Morgan fingerprint density at radius 1 is 1.57 bits per heavy atom. The first-order valence-electron chi connectivity index (χ1n) is 4.33. The lowest BCUT2D eigenvalue weighted by Crippen LogP contribution is -2.53. The summed E-state index contributed by atoms with van der Waals surface area (Å²) < 4.78 is 0. The van der Waals surface area contributed by atoms with Crippen LogP contribution >= 0.6 is 11.3 Å². The zero-order valence-corrected chi connectivity index (χ0v) is 8.50. The fraction of sp³-hybridized carbons (Fsp3) is 0.333. The molecule has 0 aliphatic carbocycles. The molecule has 1 atom stereocenters. The summed E-state index contributed by atoms with van der Waals surface area (Å²) in [6.45, 7) is 2.27. The van der Waals surface area contributed by atoms with Crippen LogP contribution in [0.1, 0.15) is 6.92 Å². The van der Waals surface area contributed by atoms with Crippen molar-refractivity contribution in [3.8, 4) is 0 Å². The van der Waals surface area contributed by atoms with Crippen LogP contribution in [0.15, 0.2) is 16.8 Å². The third kappa shape index (κ3) is 1.50. The van der Waals surface area contributed by atoms with Gasteiger partial charge >= 0.3 is 6.03 Å². The number of carbonyl (C=O) groups excluding carboxylic acids is 2. The van der Waals surface area contributed by atoms with Gasteiger partial charge in [-0.3, -0.25) is 15.0 Å². The molecule has 1 N–H and O–H groups in total. The minimum Gasteiger partial charge on any atom is -0.293 e. The van der Waals surface area contributed by atoms with E-state index in [1.54, 1.807) is 11.8 Å². The van der Waals surface area contributed by atoms with Gasteiger partial charge in [-0.15, -0.1) is 0 Å². The SMILES string of the molecule is CC1CN(c2ccsc2)C(=O)NC1=O. The van der Waals surface area contributed by atoms with Gasteiger partial charge in [-0.25, -0.2) is 4.79 Å². The van der Waals surface area contributed by atoms with Gasteiger partial charge in [0.2, 0.25) is 5.91 Å². The first-order chi connectivity index (χ1) is 6.68. The molecule has 1 unspecified atom stereocenters. The lowest BCUT2D eigenvalue weighted by molar-refractivity contribution is -0.123.